The minimum Gasteiger partial charge on any atom is -0.492 e. The van der Waals surface area contributed by atoms with Crippen LogP contribution in [-0.4, -0.2) is 45.5 Å². The van der Waals surface area contributed by atoms with Crippen LogP contribution >= 0.6 is 0 Å². The summed E-state index contributed by atoms with van der Waals surface area (Å²) in [6.07, 6.45) is 11.6. The molecule has 1 aromatic rings. The number of hydrogen-bond donors (Lipinski definition) is 0. The first-order chi connectivity index (χ1) is 15.3. The zero-order valence-electron chi connectivity index (χ0n) is 20.9. The predicted molar refractivity (Wildman–Crippen MR) is 133 cm³/mol. The average molecular weight is 466 g/mol. The van der Waals surface area contributed by atoms with Gasteiger partial charge in [0.1, 0.15) is 10.6 Å². The van der Waals surface area contributed by atoms with E-state index in [1.165, 1.54) is 38.5 Å². The maximum Gasteiger partial charge on any atom is 0.246 e. The van der Waals surface area contributed by atoms with E-state index in [9.17, 15) is 8.42 Å². The van der Waals surface area contributed by atoms with Crippen molar-refractivity contribution in [3.05, 3.63) is 23.8 Å². The van der Waals surface area contributed by atoms with E-state index in [-0.39, 0.29) is 5.41 Å². The maximum atomic E-state index is 13.6. The molecule has 5 nitrogen and oxygen atoms in total. The highest BCUT2D eigenvalue weighted by Gasteiger charge is 2.31. The fourth-order valence-electron chi connectivity index (χ4n) is 4.24. The van der Waals surface area contributed by atoms with Crippen LogP contribution in [0.3, 0.4) is 0 Å². The molecule has 0 unspecified atom stereocenters. The summed E-state index contributed by atoms with van der Waals surface area (Å²) in [5, 5.41) is 4.31. The van der Waals surface area contributed by atoms with Gasteiger partial charge in [0.05, 0.1) is 6.61 Å². The zero-order valence-corrected chi connectivity index (χ0v) is 21.7. The molecule has 1 fully saturated rings. The first-order valence-corrected chi connectivity index (χ1v) is 14.2. The van der Waals surface area contributed by atoms with Crippen LogP contribution in [0, 0.1) is 0 Å². The van der Waals surface area contributed by atoms with Crippen molar-refractivity contribution >= 4 is 10.0 Å². The molecular formula is C26H45N2O3S. The van der Waals surface area contributed by atoms with Crippen molar-refractivity contribution in [1.29, 1.82) is 0 Å². The molecule has 2 rings (SSSR count). The van der Waals surface area contributed by atoms with Crippen LogP contribution in [0.5, 0.6) is 5.75 Å². The maximum absolute atomic E-state index is 13.6. The second-order valence-corrected chi connectivity index (χ2v) is 11.6. The number of benzene rings is 1. The van der Waals surface area contributed by atoms with E-state index in [0.717, 1.165) is 31.2 Å². The average Bonchev–Trinajstić information content (AvgIpc) is 2.79. The fourth-order valence-corrected chi connectivity index (χ4v) is 5.82. The SMILES string of the molecule is CCCCCCCCOc1ccc(C(C)(C)CCCCC)cc1S(=O)(=O)N1CC[N]CC1. The van der Waals surface area contributed by atoms with Crippen molar-refractivity contribution in [2.75, 3.05) is 32.8 Å². The molecule has 1 saturated heterocycles. The normalized spacial score (nSPS) is 15.8. The molecule has 0 atom stereocenters. The molecule has 0 spiro atoms. The predicted octanol–water partition coefficient (Wildman–Crippen LogP) is 5.89. The van der Waals surface area contributed by atoms with Gasteiger partial charge in [-0.3, -0.25) is 0 Å². The van der Waals surface area contributed by atoms with E-state index < -0.39 is 10.0 Å². The van der Waals surface area contributed by atoms with Gasteiger partial charge in [0.15, 0.2) is 0 Å². The summed E-state index contributed by atoms with van der Waals surface area (Å²) in [7, 11) is -3.61. The number of sulfonamides is 1. The van der Waals surface area contributed by atoms with Crippen molar-refractivity contribution in [2.24, 2.45) is 0 Å². The van der Waals surface area contributed by atoms with Crippen molar-refractivity contribution in [1.82, 2.24) is 9.62 Å². The highest BCUT2D eigenvalue weighted by atomic mass is 32.2. The van der Waals surface area contributed by atoms with Gasteiger partial charge in [-0.1, -0.05) is 85.1 Å². The van der Waals surface area contributed by atoms with Crippen LogP contribution in [0.2, 0.25) is 0 Å². The third kappa shape index (κ3) is 8.03. The number of unbranched alkanes of at least 4 members (excludes halogenated alkanes) is 7. The van der Waals surface area contributed by atoms with Gasteiger partial charge >= 0.3 is 0 Å². The van der Waals surface area contributed by atoms with Crippen LogP contribution in [0.25, 0.3) is 0 Å². The lowest BCUT2D eigenvalue weighted by Gasteiger charge is -2.29. The molecule has 183 valence electrons. The molecule has 1 radical (unpaired) electrons. The third-order valence-corrected chi connectivity index (χ3v) is 8.44. The fraction of sp³-hybridized carbons (Fsp3) is 0.769. The van der Waals surface area contributed by atoms with Crippen LogP contribution in [-0.2, 0) is 15.4 Å². The Morgan fingerprint density at radius 2 is 1.56 bits per heavy atom. The summed E-state index contributed by atoms with van der Waals surface area (Å²) in [6.45, 7) is 11.4. The topological polar surface area (TPSA) is 60.7 Å². The molecule has 1 aliphatic rings. The van der Waals surface area contributed by atoms with Crippen LogP contribution in [0.15, 0.2) is 23.1 Å². The van der Waals surface area contributed by atoms with E-state index in [1.807, 2.05) is 12.1 Å². The molecule has 1 aliphatic heterocycles. The Hall–Kier alpha value is -1.11. The minimum atomic E-state index is -3.61. The lowest BCUT2D eigenvalue weighted by Crippen LogP contribution is -2.43. The Balaban J connectivity index is 2.20. The Morgan fingerprint density at radius 1 is 0.938 bits per heavy atom. The van der Waals surface area contributed by atoms with E-state index in [4.69, 9.17) is 4.74 Å². The molecule has 6 heteroatoms. The van der Waals surface area contributed by atoms with Crippen molar-refractivity contribution in [3.63, 3.8) is 0 Å². The van der Waals surface area contributed by atoms with Crippen LogP contribution < -0.4 is 10.1 Å². The van der Waals surface area contributed by atoms with Crippen molar-refractivity contribution in [2.45, 2.75) is 102 Å². The summed E-state index contributed by atoms with van der Waals surface area (Å²) in [5.74, 6) is 0.495. The number of rotatable bonds is 15. The first-order valence-electron chi connectivity index (χ1n) is 12.7. The van der Waals surface area contributed by atoms with Crippen molar-refractivity contribution < 1.29 is 13.2 Å². The van der Waals surface area contributed by atoms with Crippen molar-refractivity contribution in [3.8, 4) is 5.75 Å². The van der Waals surface area contributed by atoms with Gasteiger partial charge in [-0.25, -0.2) is 13.7 Å². The molecule has 32 heavy (non-hydrogen) atoms. The molecule has 1 aromatic carbocycles. The number of ether oxygens (including phenoxy) is 1. The Labute approximate surface area is 197 Å². The second kappa shape index (κ2) is 13.6. The van der Waals surface area contributed by atoms with Crippen LogP contribution in [0.1, 0.15) is 97.5 Å². The van der Waals surface area contributed by atoms with Gasteiger partial charge in [0.25, 0.3) is 0 Å². The van der Waals surface area contributed by atoms with E-state index >= 15 is 0 Å². The lowest BCUT2D eigenvalue weighted by atomic mass is 9.80. The van der Waals surface area contributed by atoms with E-state index in [2.05, 4.69) is 39.1 Å². The first kappa shape index (κ1) is 27.1. The summed E-state index contributed by atoms with van der Waals surface area (Å²) in [4.78, 5) is 0.325. The summed E-state index contributed by atoms with van der Waals surface area (Å²) >= 11 is 0. The molecule has 0 aromatic heterocycles. The molecule has 0 saturated carbocycles. The molecule has 0 amide bonds. The highest BCUT2D eigenvalue weighted by Crippen LogP contribution is 2.35. The summed E-state index contributed by atoms with van der Waals surface area (Å²) < 4.78 is 34.7. The number of piperazine rings is 1. The summed E-state index contributed by atoms with van der Waals surface area (Å²) in [5.41, 5.74) is 0.995. The van der Waals surface area contributed by atoms with Gasteiger partial charge in [0, 0.05) is 26.2 Å². The lowest BCUT2D eigenvalue weighted by molar-refractivity contribution is 0.294. The number of hydrogen-bond acceptors (Lipinski definition) is 3. The molecule has 1 heterocycles. The standard InChI is InChI=1S/C26H45N2O3S/c1-5-7-9-10-11-13-21-31-24-15-14-23(26(3,4)16-12-8-6-2)22-25(24)32(29,30)28-19-17-27-18-20-28/h14-15,22H,5-13,16-21H2,1-4H3. The van der Waals surface area contributed by atoms with Gasteiger partial charge in [-0.15, -0.1) is 0 Å². The quantitative estimate of drug-likeness (QED) is 0.303. The smallest absolute Gasteiger partial charge is 0.246 e. The van der Waals surface area contributed by atoms with E-state index in [1.54, 1.807) is 4.31 Å². The van der Waals surface area contributed by atoms with Crippen LogP contribution in [0.4, 0.5) is 0 Å². The number of nitrogens with zero attached hydrogens (tertiary/aromatic N) is 2. The third-order valence-electron chi connectivity index (χ3n) is 6.52. The van der Waals surface area contributed by atoms with Gasteiger partial charge in [-0.05, 0) is 36.0 Å². The molecular weight excluding hydrogens is 420 g/mol. The Morgan fingerprint density at radius 3 is 2.25 bits per heavy atom. The second-order valence-electron chi connectivity index (χ2n) is 9.69. The van der Waals surface area contributed by atoms with Gasteiger partial charge < -0.3 is 4.74 Å². The Bertz CT molecular complexity index is 771. The monoisotopic (exact) mass is 465 g/mol. The molecule has 0 bridgehead atoms. The Kier molecular flexibility index (Phi) is 11.5. The minimum absolute atomic E-state index is 0.0749. The molecule has 0 aliphatic carbocycles. The van der Waals surface area contributed by atoms with Gasteiger partial charge in [-0.2, -0.15) is 4.31 Å². The van der Waals surface area contributed by atoms with Gasteiger partial charge in [0.2, 0.25) is 10.0 Å². The largest absolute Gasteiger partial charge is 0.492 e. The van der Waals surface area contributed by atoms with E-state index in [0.29, 0.717) is 43.4 Å². The highest BCUT2D eigenvalue weighted by molar-refractivity contribution is 7.89. The zero-order chi connectivity index (χ0) is 23.5. The molecule has 0 N–H and O–H groups in total. The summed E-state index contributed by atoms with van der Waals surface area (Å²) in [6, 6.07) is 5.83.